The lowest BCUT2D eigenvalue weighted by Gasteiger charge is -2.38. The fourth-order valence-electron chi connectivity index (χ4n) is 2.87. The van der Waals surface area contributed by atoms with E-state index in [0.29, 0.717) is 12.1 Å². The van der Waals surface area contributed by atoms with Crippen molar-refractivity contribution in [1.29, 1.82) is 0 Å². The Balaban J connectivity index is 1.80. The first kappa shape index (κ1) is 11.5. The zero-order chi connectivity index (χ0) is 11.8. The van der Waals surface area contributed by atoms with Crippen molar-refractivity contribution in [1.82, 2.24) is 10.2 Å². The molecule has 0 spiro atoms. The Labute approximate surface area is 106 Å². The van der Waals surface area contributed by atoms with Gasteiger partial charge in [-0.15, -0.1) is 11.3 Å². The van der Waals surface area contributed by atoms with E-state index in [4.69, 9.17) is 11.5 Å². The van der Waals surface area contributed by atoms with Crippen LogP contribution in [0.2, 0.25) is 0 Å². The molecule has 0 radical (unpaired) electrons. The van der Waals surface area contributed by atoms with Gasteiger partial charge in [-0.05, 0) is 24.5 Å². The van der Waals surface area contributed by atoms with E-state index >= 15 is 0 Å². The van der Waals surface area contributed by atoms with Crippen LogP contribution < -0.4 is 16.8 Å². The van der Waals surface area contributed by atoms with Gasteiger partial charge in [0.15, 0.2) is 0 Å². The molecule has 0 amide bonds. The van der Waals surface area contributed by atoms with Crippen LogP contribution in [0.15, 0.2) is 6.07 Å². The molecular formula is C12H20N4S. The fourth-order valence-corrected chi connectivity index (χ4v) is 3.83. The van der Waals surface area contributed by atoms with Gasteiger partial charge in [-0.25, -0.2) is 0 Å². The van der Waals surface area contributed by atoms with E-state index in [1.807, 2.05) is 0 Å². The molecule has 0 bridgehead atoms. The third kappa shape index (κ3) is 2.20. The van der Waals surface area contributed by atoms with Crippen molar-refractivity contribution in [2.75, 3.05) is 25.4 Å². The number of likely N-dealkylation sites (tertiary alicyclic amines) is 1. The van der Waals surface area contributed by atoms with Gasteiger partial charge < -0.3 is 16.8 Å². The summed E-state index contributed by atoms with van der Waals surface area (Å²) in [5.74, 6) is 0. The molecule has 4 nitrogen and oxygen atoms in total. The van der Waals surface area contributed by atoms with Crippen molar-refractivity contribution < 1.29 is 0 Å². The van der Waals surface area contributed by atoms with Crippen LogP contribution in [0.1, 0.15) is 29.3 Å². The van der Waals surface area contributed by atoms with E-state index in [1.54, 1.807) is 11.3 Å². The highest BCUT2D eigenvalue weighted by Crippen LogP contribution is 2.35. The first-order chi connectivity index (χ1) is 8.24. The molecule has 1 unspecified atom stereocenters. The van der Waals surface area contributed by atoms with Crippen LogP contribution in [0.3, 0.4) is 0 Å². The van der Waals surface area contributed by atoms with Crippen LogP contribution in [0.5, 0.6) is 0 Å². The number of nitrogens with two attached hydrogens (primary N) is 2. The smallest absolute Gasteiger partial charge is 0.0863 e. The molecule has 1 fully saturated rings. The van der Waals surface area contributed by atoms with Crippen LogP contribution in [0.4, 0.5) is 5.00 Å². The molecule has 2 aliphatic heterocycles. The SMILES string of the molecule is Nc1cc2c(s1)CNCC2N1CCC(N)CC1. The highest BCUT2D eigenvalue weighted by Gasteiger charge is 2.29. The summed E-state index contributed by atoms with van der Waals surface area (Å²) in [4.78, 5) is 3.97. The minimum atomic E-state index is 0.398. The Kier molecular flexibility index (Phi) is 3.08. The Morgan fingerprint density at radius 2 is 2.12 bits per heavy atom. The average Bonchev–Trinajstić information content (AvgIpc) is 2.70. The molecule has 1 aromatic rings. The number of fused-ring (bicyclic) bond motifs is 1. The van der Waals surface area contributed by atoms with Crippen molar-refractivity contribution in [2.24, 2.45) is 5.73 Å². The summed E-state index contributed by atoms with van der Waals surface area (Å²) in [5.41, 5.74) is 13.3. The zero-order valence-electron chi connectivity index (χ0n) is 9.98. The van der Waals surface area contributed by atoms with Crippen LogP contribution in [0.25, 0.3) is 0 Å². The second kappa shape index (κ2) is 4.57. The van der Waals surface area contributed by atoms with Gasteiger partial charge >= 0.3 is 0 Å². The van der Waals surface area contributed by atoms with Crippen molar-refractivity contribution in [3.63, 3.8) is 0 Å². The monoisotopic (exact) mass is 252 g/mol. The number of thiophene rings is 1. The van der Waals surface area contributed by atoms with Gasteiger partial charge in [0, 0.05) is 43.1 Å². The summed E-state index contributed by atoms with van der Waals surface area (Å²) < 4.78 is 0. The summed E-state index contributed by atoms with van der Waals surface area (Å²) in [5, 5.41) is 4.44. The molecule has 3 heterocycles. The molecule has 5 N–H and O–H groups in total. The van der Waals surface area contributed by atoms with E-state index in [0.717, 1.165) is 44.0 Å². The zero-order valence-corrected chi connectivity index (χ0v) is 10.8. The Bertz CT molecular complexity index is 395. The van der Waals surface area contributed by atoms with E-state index in [2.05, 4.69) is 16.3 Å². The summed E-state index contributed by atoms with van der Waals surface area (Å²) in [6.45, 7) is 4.24. The maximum Gasteiger partial charge on any atom is 0.0863 e. The predicted octanol–water partition coefficient (Wildman–Crippen LogP) is 0.898. The lowest BCUT2D eigenvalue weighted by atomic mass is 9.98. The first-order valence-electron chi connectivity index (χ1n) is 6.32. The highest BCUT2D eigenvalue weighted by molar-refractivity contribution is 7.16. The van der Waals surface area contributed by atoms with E-state index < -0.39 is 0 Å². The van der Waals surface area contributed by atoms with Gasteiger partial charge in [0.05, 0.1) is 5.00 Å². The molecule has 94 valence electrons. The average molecular weight is 252 g/mol. The number of nitrogen functional groups attached to an aromatic ring is 1. The Morgan fingerprint density at radius 1 is 1.35 bits per heavy atom. The van der Waals surface area contributed by atoms with Gasteiger partial charge in [-0.2, -0.15) is 0 Å². The minimum absolute atomic E-state index is 0.398. The number of rotatable bonds is 1. The van der Waals surface area contributed by atoms with Crippen LogP contribution in [0, 0.1) is 0 Å². The van der Waals surface area contributed by atoms with Crippen molar-refractivity contribution in [3.05, 3.63) is 16.5 Å². The molecule has 0 aromatic carbocycles. The number of anilines is 1. The normalized spacial score (nSPS) is 27.0. The predicted molar refractivity (Wildman–Crippen MR) is 72.0 cm³/mol. The van der Waals surface area contributed by atoms with E-state index in [9.17, 15) is 0 Å². The van der Waals surface area contributed by atoms with Gasteiger partial charge in [0.25, 0.3) is 0 Å². The Morgan fingerprint density at radius 3 is 2.88 bits per heavy atom. The Hall–Kier alpha value is -0.620. The number of hydrogen-bond acceptors (Lipinski definition) is 5. The summed E-state index contributed by atoms with van der Waals surface area (Å²) in [6.07, 6.45) is 2.23. The van der Waals surface area contributed by atoms with Gasteiger partial charge in [0.2, 0.25) is 0 Å². The molecule has 0 saturated carbocycles. The highest BCUT2D eigenvalue weighted by atomic mass is 32.1. The number of nitrogens with zero attached hydrogens (tertiary/aromatic N) is 1. The molecule has 1 aromatic heterocycles. The summed E-state index contributed by atoms with van der Waals surface area (Å²) in [7, 11) is 0. The third-order valence-electron chi connectivity index (χ3n) is 3.86. The second-order valence-electron chi connectivity index (χ2n) is 5.05. The summed E-state index contributed by atoms with van der Waals surface area (Å²) >= 11 is 1.72. The third-order valence-corrected chi connectivity index (χ3v) is 4.84. The topological polar surface area (TPSA) is 67.3 Å². The van der Waals surface area contributed by atoms with Crippen molar-refractivity contribution in [2.45, 2.75) is 31.5 Å². The maximum atomic E-state index is 5.97. The lowest BCUT2D eigenvalue weighted by Crippen LogP contribution is -2.45. The van der Waals surface area contributed by atoms with Crippen LogP contribution >= 0.6 is 11.3 Å². The minimum Gasteiger partial charge on any atom is -0.391 e. The van der Waals surface area contributed by atoms with Crippen molar-refractivity contribution >= 4 is 16.3 Å². The quantitative estimate of drug-likeness (QED) is 0.694. The van der Waals surface area contributed by atoms with Crippen LogP contribution in [-0.2, 0) is 6.54 Å². The van der Waals surface area contributed by atoms with Crippen molar-refractivity contribution in [3.8, 4) is 0 Å². The van der Waals surface area contributed by atoms with Gasteiger partial charge in [-0.3, -0.25) is 4.90 Å². The van der Waals surface area contributed by atoms with E-state index in [-0.39, 0.29) is 0 Å². The molecule has 1 saturated heterocycles. The first-order valence-corrected chi connectivity index (χ1v) is 7.14. The number of hydrogen-bond donors (Lipinski definition) is 3. The molecule has 5 heteroatoms. The second-order valence-corrected chi connectivity index (χ2v) is 6.22. The fraction of sp³-hybridized carbons (Fsp3) is 0.667. The maximum absolute atomic E-state index is 5.97. The molecule has 2 aliphatic rings. The lowest BCUT2D eigenvalue weighted by molar-refractivity contribution is 0.145. The molecule has 0 aliphatic carbocycles. The van der Waals surface area contributed by atoms with Crippen LogP contribution in [-0.4, -0.2) is 30.6 Å². The largest absolute Gasteiger partial charge is 0.391 e. The molecule has 17 heavy (non-hydrogen) atoms. The van der Waals surface area contributed by atoms with E-state index in [1.165, 1.54) is 10.4 Å². The summed E-state index contributed by atoms with van der Waals surface area (Å²) in [6, 6.07) is 3.06. The number of piperidine rings is 1. The van der Waals surface area contributed by atoms with Gasteiger partial charge in [0.1, 0.15) is 0 Å². The molecule has 3 rings (SSSR count). The standard InChI is InChI=1S/C12H20N4S/c13-8-1-3-16(4-2-8)10-6-15-7-11-9(10)5-12(14)17-11/h5,8,10,15H,1-4,6-7,13-14H2. The van der Waals surface area contributed by atoms with Gasteiger partial charge in [-0.1, -0.05) is 0 Å². The molecule has 1 atom stereocenters. The number of nitrogens with one attached hydrogen (secondary N) is 1. The molecular weight excluding hydrogens is 232 g/mol.